The van der Waals surface area contributed by atoms with Gasteiger partial charge in [-0.2, -0.15) is 0 Å². The molecule has 1 radical (unpaired) electrons. The van der Waals surface area contributed by atoms with E-state index in [1.807, 2.05) is 45.9 Å². The van der Waals surface area contributed by atoms with Crippen LogP contribution in [0.15, 0.2) is 18.2 Å². The molecule has 249 valence electrons. The van der Waals surface area contributed by atoms with Gasteiger partial charge in [-0.25, -0.2) is 16.3 Å². The van der Waals surface area contributed by atoms with Gasteiger partial charge >= 0.3 is 5.97 Å². The van der Waals surface area contributed by atoms with E-state index >= 15 is 0 Å². The molecule has 3 aliphatic carbocycles. The number of esters is 1. The van der Waals surface area contributed by atoms with E-state index < -0.39 is 23.5 Å². The molecule has 9 nitrogen and oxygen atoms in total. The molecule has 1 amide bonds. The molecule has 4 fully saturated rings. The van der Waals surface area contributed by atoms with Crippen LogP contribution < -0.4 is 9.47 Å². The molecule has 5 aliphatic rings. The first-order chi connectivity index (χ1) is 21.6. The van der Waals surface area contributed by atoms with Gasteiger partial charge in [0, 0.05) is 24.6 Å². The fourth-order valence-electron chi connectivity index (χ4n) is 8.32. The van der Waals surface area contributed by atoms with Crippen molar-refractivity contribution in [2.24, 2.45) is 35.0 Å². The van der Waals surface area contributed by atoms with Crippen LogP contribution in [0.1, 0.15) is 91.2 Å². The summed E-state index contributed by atoms with van der Waals surface area (Å²) in [6.07, 6.45) is 10.4. The van der Waals surface area contributed by atoms with Crippen molar-refractivity contribution < 1.29 is 47.1 Å². The second kappa shape index (κ2) is 14.2. The number of benzene rings is 1. The van der Waals surface area contributed by atoms with Crippen LogP contribution in [0, 0.1) is 35.0 Å². The Bertz CT molecular complexity index is 1420. The third-order valence-electron chi connectivity index (χ3n) is 10.9. The van der Waals surface area contributed by atoms with Crippen molar-refractivity contribution in [2.75, 3.05) is 13.7 Å². The van der Waals surface area contributed by atoms with Gasteiger partial charge in [-0.15, -0.1) is 0 Å². The molecular formula is C36H48N3O6V-. The molecule has 0 unspecified atom stereocenters. The Morgan fingerprint density at radius 3 is 2.48 bits per heavy atom. The van der Waals surface area contributed by atoms with Gasteiger partial charge in [0.2, 0.25) is 11.8 Å². The Kier molecular flexibility index (Phi) is 10.7. The van der Waals surface area contributed by atoms with E-state index in [1.54, 1.807) is 12.0 Å². The number of aromatic nitrogens is 2. The SMILES string of the molecule is CC[C@@H]1[C@@H]2CN(C(=O)[C@H](C(C)(C)C)CC(=O)O[C@@H]3C4CC(C4)C[C@H]3CCCCCc3nc4ccc(OC)cc4nc3O2)[C@@H]1[C-]=O.[V]. The summed E-state index contributed by atoms with van der Waals surface area (Å²) in [6, 6.07) is 4.87. The Balaban J connectivity index is 0.00000417. The number of methoxy groups -OCH3 is 1. The normalized spacial score (nSPS) is 32.0. The summed E-state index contributed by atoms with van der Waals surface area (Å²) in [4.78, 5) is 51.8. The molecule has 1 saturated heterocycles. The minimum Gasteiger partial charge on any atom is -0.540 e. The average molecular weight is 670 g/mol. The van der Waals surface area contributed by atoms with Crippen LogP contribution in [0.25, 0.3) is 11.0 Å². The van der Waals surface area contributed by atoms with Crippen LogP contribution >= 0.6 is 0 Å². The van der Waals surface area contributed by atoms with Crippen molar-refractivity contribution in [3.8, 4) is 11.6 Å². The van der Waals surface area contributed by atoms with Gasteiger partial charge in [-0.3, -0.25) is 9.59 Å². The molecule has 46 heavy (non-hydrogen) atoms. The zero-order valence-corrected chi connectivity index (χ0v) is 29.3. The number of aryl methyl sites for hydroxylation is 1. The van der Waals surface area contributed by atoms with E-state index in [2.05, 4.69) is 6.29 Å². The van der Waals surface area contributed by atoms with Crippen LogP contribution in [0.2, 0.25) is 0 Å². The van der Waals surface area contributed by atoms with Gasteiger partial charge in [0.15, 0.2) is 0 Å². The third-order valence-corrected chi connectivity index (χ3v) is 10.9. The van der Waals surface area contributed by atoms with Gasteiger partial charge in [0.25, 0.3) is 0 Å². The van der Waals surface area contributed by atoms with Crippen molar-refractivity contribution >= 4 is 29.2 Å². The number of carbonyl (C=O) groups is 2. The molecule has 2 aromatic rings. The van der Waals surface area contributed by atoms with Crippen LogP contribution in [0.3, 0.4) is 0 Å². The van der Waals surface area contributed by atoms with Crippen LogP contribution in [0.4, 0.5) is 0 Å². The molecule has 6 atom stereocenters. The summed E-state index contributed by atoms with van der Waals surface area (Å²) in [5.74, 6) is 1.22. The summed E-state index contributed by atoms with van der Waals surface area (Å²) in [5, 5.41) is 0. The molecule has 10 heteroatoms. The summed E-state index contributed by atoms with van der Waals surface area (Å²) in [7, 11) is 1.62. The average Bonchev–Trinajstić information content (AvgIpc) is 3.35. The first-order valence-corrected chi connectivity index (χ1v) is 17.0. The molecule has 3 saturated carbocycles. The zero-order valence-electron chi connectivity index (χ0n) is 27.9. The molecule has 1 aromatic carbocycles. The molecular weight excluding hydrogens is 621 g/mol. The van der Waals surface area contributed by atoms with Crippen LogP contribution in [0.5, 0.6) is 11.6 Å². The van der Waals surface area contributed by atoms with Gasteiger partial charge in [0.05, 0.1) is 37.0 Å². The number of carbonyl (C=O) groups excluding carboxylic acids is 3. The summed E-state index contributed by atoms with van der Waals surface area (Å²) in [6.45, 7) is 8.13. The monoisotopic (exact) mass is 669 g/mol. The first kappa shape index (κ1) is 34.7. The molecule has 3 heterocycles. The van der Waals surface area contributed by atoms with Crippen molar-refractivity contribution in [1.82, 2.24) is 14.9 Å². The smallest absolute Gasteiger partial charge is 0.306 e. The summed E-state index contributed by atoms with van der Waals surface area (Å²) in [5.41, 5.74) is 1.71. The third kappa shape index (κ3) is 6.96. The minimum absolute atomic E-state index is 0. The number of ether oxygens (including phenoxy) is 3. The van der Waals surface area contributed by atoms with Gasteiger partial charge in [-0.05, 0) is 79.7 Å². The minimum atomic E-state index is -0.776. The predicted octanol–water partition coefficient (Wildman–Crippen LogP) is 5.86. The Labute approximate surface area is 284 Å². The van der Waals surface area contributed by atoms with E-state index in [0.29, 0.717) is 41.8 Å². The molecule has 0 N–H and O–H groups in total. The maximum Gasteiger partial charge on any atom is 0.306 e. The maximum atomic E-state index is 14.3. The number of nitrogens with zero attached hydrogens (tertiary/aromatic N) is 3. The Hall–Kier alpha value is -2.65. The van der Waals surface area contributed by atoms with Crippen molar-refractivity contribution in [3.63, 3.8) is 0 Å². The number of amides is 1. The summed E-state index contributed by atoms with van der Waals surface area (Å²) < 4.78 is 18.3. The van der Waals surface area contributed by atoms with Crippen molar-refractivity contribution in [2.45, 2.75) is 110 Å². The van der Waals surface area contributed by atoms with E-state index in [0.717, 1.165) is 62.1 Å². The summed E-state index contributed by atoms with van der Waals surface area (Å²) >= 11 is 0. The zero-order chi connectivity index (χ0) is 31.9. The number of hydrogen-bond donors (Lipinski definition) is 0. The van der Waals surface area contributed by atoms with Gasteiger partial charge < -0.3 is 23.9 Å². The fraction of sp³-hybridized carbons (Fsp3) is 0.694. The molecule has 7 rings (SSSR count). The molecule has 1 aromatic heterocycles. The second-order valence-corrected chi connectivity index (χ2v) is 14.9. The largest absolute Gasteiger partial charge is 0.540 e. The van der Waals surface area contributed by atoms with E-state index in [-0.39, 0.29) is 55.4 Å². The van der Waals surface area contributed by atoms with Crippen LogP contribution in [-0.2, 0) is 44.1 Å². The van der Waals surface area contributed by atoms with Gasteiger partial charge in [0.1, 0.15) is 23.7 Å². The Morgan fingerprint density at radius 1 is 1.02 bits per heavy atom. The quantitative estimate of drug-likeness (QED) is 0.296. The van der Waals surface area contributed by atoms with E-state index in [9.17, 15) is 14.4 Å². The number of rotatable bonds is 3. The second-order valence-electron chi connectivity index (χ2n) is 14.9. The standard InChI is InChI=1S/C36H48N3O6.V/c1-6-25-30(20-40)39-19-31(25)44-34-28(37-27-13-12-24(43-5)17-29(27)38-34)11-9-7-8-10-22-14-21-15-23(16-21)33(22)45-32(41)18-26(35(39)42)36(2,3)4;/h12-13,17,21-23,25-26,30-31,33H,6-11,14-16,18-19H2,1-5H3;/q-1;/t21?,22-,23?,25+,26-,30-,31+,33+;/m1./s1. The van der Waals surface area contributed by atoms with Crippen molar-refractivity contribution in [1.29, 1.82) is 0 Å². The van der Waals surface area contributed by atoms with E-state index in [1.165, 1.54) is 0 Å². The number of hydrogen-bond acceptors (Lipinski definition) is 8. The molecule has 4 bridgehead atoms. The predicted molar refractivity (Wildman–Crippen MR) is 169 cm³/mol. The molecule has 2 aliphatic heterocycles. The van der Waals surface area contributed by atoms with Crippen molar-refractivity contribution in [3.05, 3.63) is 23.9 Å². The maximum absolute atomic E-state index is 14.3. The fourth-order valence-corrected chi connectivity index (χ4v) is 8.32. The van der Waals surface area contributed by atoms with Gasteiger partial charge in [-0.1, -0.05) is 53.0 Å². The molecule has 0 spiro atoms. The van der Waals surface area contributed by atoms with E-state index in [4.69, 9.17) is 24.2 Å². The first-order valence-electron chi connectivity index (χ1n) is 17.0. The topological polar surface area (TPSA) is 108 Å². The van der Waals surface area contributed by atoms with Crippen LogP contribution in [-0.4, -0.2) is 64.9 Å². The number of fused-ring (bicyclic) bond motifs is 4. The Morgan fingerprint density at radius 2 is 1.78 bits per heavy atom.